The van der Waals surface area contributed by atoms with Crippen molar-refractivity contribution in [3.8, 4) is 5.75 Å². The normalized spacial score (nSPS) is 14.6. The number of hydrogen-bond acceptors (Lipinski definition) is 6. The number of para-hydroxylation sites is 1. The Balaban J connectivity index is 1.98. The molecule has 2 aromatic carbocycles. The molecule has 29 heavy (non-hydrogen) atoms. The Hall–Kier alpha value is -3.13. The highest BCUT2D eigenvalue weighted by atomic mass is 32.2. The van der Waals surface area contributed by atoms with Crippen molar-refractivity contribution in [3.63, 3.8) is 0 Å². The lowest BCUT2D eigenvalue weighted by Gasteiger charge is -2.27. The number of benzene rings is 2. The highest BCUT2D eigenvalue weighted by Gasteiger charge is 2.32. The van der Waals surface area contributed by atoms with Gasteiger partial charge in [0.25, 0.3) is 10.0 Å². The van der Waals surface area contributed by atoms with Crippen LogP contribution in [0.15, 0.2) is 59.6 Å². The maximum atomic E-state index is 12.9. The third-order valence-corrected chi connectivity index (χ3v) is 6.11. The van der Waals surface area contributed by atoms with Crippen LogP contribution < -0.4 is 4.74 Å². The maximum absolute atomic E-state index is 12.9. The lowest BCUT2D eigenvalue weighted by Crippen LogP contribution is -2.31. The van der Waals surface area contributed by atoms with E-state index in [1.165, 1.54) is 35.6 Å². The van der Waals surface area contributed by atoms with Gasteiger partial charge in [-0.05, 0) is 30.7 Å². The van der Waals surface area contributed by atoms with E-state index in [1.54, 1.807) is 30.3 Å². The van der Waals surface area contributed by atoms with E-state index < -0.39 is 22.0 Å². The zero-order valence-corrected chi connectivity index (χ0v) is 16.9. The summed E-state index contributed by atoms with van der Waals surface area (Å²) >= 11 is 0. The Morgan fingerprint density at radius 2 is 1.69 bits per heavy atom. The second kappa shape index (κ2) is 8.48. The largest absolute Gasteiger partial charge is 0.426 e. The van der Waals surface area contributed by atoms with Crippen LogP contribution in [-0.2, 0) is 19.6 Å². The zero-order chi connectivity index (χ0) is 21.0. The smallest absolute Gasteiger partial charge is 0.347 e. The molecule has 7 nitrogen and oxygen atoms in total. The lowest BCUT2D eigenvalue weighted by atomic mass is 10.1. The monoisotopic (exact) mass is 415 g/mol. The summed E-state index contributed by atoms with van der Waals surface area (Å²) in [6.45, 7) is 3.47. The third-order valence-electron chi connectivity index (χ3n) is 4.30. The molecule has 1 heterocycles. The molecule has 0 spiro atoms. The first kappa shape index (κ1) is 20.6. The summed E-state index contributed by atoms with van der Waals surface area (Å²) < 4.78 is 37.6. The van der Waals surface area contributed by atoms with Crippen molar-refractivity contribution < 1.29 is 27.5 Å². The molecule has 2 aromatic rings. The number of rotatable bonds is 6. The average molecular weight is 415 g/mol. The summed E-state index contributed by atoms with van der Waals surface area (Å²) in [7, 11) is -3.72. The molecule has 3 rings (SSSR count). The number of nitrogens with zero attached hydrogens (tertiary/aromatic N) is 1. The van der Waals surface area contributed by atoms with Crippen LogP contribution in [0.4, 0.5) is 0 Å². The molecule has 1 aliphatic rings. The lowest BCUT2D eigenvalue weighted by molar-refractivity contribution is -0.131. The Kier molecular flexibility index (Phi) is 6.03. The fourth-order valence-electron chi connectivity index (χ4n) is 2.91. The number of fused-ring (bicyclic) bond motifs is 1. The number of ether oxygens (including phenoxy) is 2. The van der Waals surface area contributed by atoms with Crippen LogP contribution in [0.1, 0.15) is 42.6 Å². The van der Waals surface area contributed by atoms with E-state index in [-0.39, 0.29) is 28.5 Å². The summed E-state index contributed by atoms with van der Waals surface area (Å²) in [5.41, 5.74) is 0.369. The van der Waals surface area contributed by atoms with Crippen molar-refractivity contribution >= 4 is 27.7 Å². The third kappa shape index (κ3) is 4.32. The highest BCUT2D eigenvalue weighted by molar-refractivity contribution is 7.89. The minimum atomic E-state index is -3.72. The second-order valence-corrected chi connectivity index (χ2v) is 8.30. The molecule has 1 aliphatic heterocycles. The highest BCUT2D eigenvalue weighted by Crippen LogP contribution is 2.34. The van der Waals surface area contributed by atoms with Gasteiger partial charge in [-0.3, -0.25) is 9.10 Å². The number of hydrogen-bond donors (Lipinski definition) is 0. The fourth-order valence-corrected chi connectivity index (χ4v) is 4.46. The van der Waals surface area contributed by atoms with Crippen molar-refractivity contribution in [2.24, 2.45) is 0 Å². The van der Waals surface area contributed by atoms with E-state index in [0.29, 0.717) is 12.0 Å². The standard InChI is InChI=1S/C21H21NO6S/c1-3-4-13-22-14-19(16-9-6-8-12-20(16)29(22,25)26)28-21(24)17-10-5-7-11-18(17)27-15(2)23/h5-12,14H,3-4,13H2,1-2H3. The Bertz CT molecular complexity index is 1070. The number of unbranched alkanes of at least 4 members (excludes halogenated alkanes) is 1. The summed E-state index contributed by atoms with van der Waals surface area (Å²) in [6.07, 6.45) is 2.81. The molecule has 0 radical (unpaired) electrons. The molecule has 0 amide bonds. The molecule has 152 valence electrons. The van der Waals surface area contributed by atoms with Gasteiger partial charge in [-0.1, -0.05) is 37.6 Å². The molecule has 0 unspecified atom stereocenters. The molecule has 0 aliphatic carbocycles. The zero-order valence-electron chi connectivity index (χ0n) is 16.1. The maximum Gasteiger partial charge on any atom is 0.347 e. The van der Waals surface area contributed by atoms with Crippen molar-refractivity contribution in [2.45, 2.75) is 31.6 Å². The molecular formula is C21H21NO6S. The van der Waals surface area contributed by atoms with Crippen molar-refractivity contribution in [1.29, 1.82) is 0 Å². The van der Waals surface area contributed by atoms with E-state index in [0.717, 1.165) is 6.42 Å². The number of esters is 2. The first-order valence-electron chi connectivity index (χ1n) is 9.17. The van der Waals surface area contributed by atoms with Gasteiger partial charge in [0.05, 0.1) is 11.1 Å². The van der Waals surface area contributed by atoms with Gasteiger partial charge >= 0.3 is 11.9 Å². The minimum Gasteiger partial charge on any atom is -0.426 e. The van der Waals surface area contributed by atoms with Gasteiger partial charge in [0.1, 0.15) is 11.3 Å². The Morgan fingerprint density at radius 3 is 2.41 bits per heavy atom. The first-order chi connectivity index (χ1) is 13.8. The van der Waals surface area contributed by atoms with Gasteiger partial charge in [0.15, 0.2) is 5.76 Å². The SMILES string of the molecule is CCCCN1C=C(OC(=O)c2ccccc2OC(C)=O)c2ccccc2S1(=O)=O. The van der Waals surface area contributed by atoms with Crippen LogP contribution in [0.5, 0.6) is 5.75 Å². The van der Waals surface area contributed by atoms with E-state index in [2.05, 4.69) is 0 Å². The summed E-state index contributed by atoms with van der Waals surface area (Å²) in [5, 5.41) is 0. The van der Waals surface area contributed by atoms with E-state index in [4.69, 9.17) is 9.47 Å². The number of sulfonamides is 1. The van der Waals surface area contributed by atoms with Gasteiger partial charge in [-0.2, -0.15) is 0 Å². The van der Waals surface area contributed by atoms with Crippen molar-refractivity contribution in [1.82, 2.24) is 4.31 Å². The Morgan fingerprint density at radius 1 is 1.00 bits per heavy atom. The van der Waals surface area contributed by atoms with E-state index in [1.807, 2.05) is 6.92 Å². The molecule has 0 bridgehead atoms. The minimum absolute atomic E-state index is 0.0645. The molecule has 0 fully saturated rings. The van der Waals surface area contributed by atoms with Crippen LogP contribution in [0.25, 0.3) is 5.76 Å². The average Bonchev–Trinajstić information content (AvgIpc) is 2.69. The summed E-state index contributed by atoms with van der Waals surface area (Å²) in [4.78, 5) is 24.2. The molecule has 0 saturated heterocycles. The fraction of sp³-hybridized carbons (Fsp3) is 0.238. The molecule has 0 saturated carbocycles. The van der Waals surface area contributed by atoms with Crippen molar-refractivity contribution in [2.75, 3.05) is 6.54 Å². The quantitative estimate of drug-likeness (QED) is 0.529. The number of carbonyl (C=O) groups is 2. The predicted molar refractivity (Wildman–Crippen MR) is 106 cm³/mol. The summed E-state index contributed by atoms with van der Waals surface area (Å²) in [5.74, 6) is -1.12. The van der Waals surface area contributed by atoms with Gasteiger partial charge in [0, 0.05) is 19.0 Å². The first-order valence-corrected chi connectivity index (χ1v) is 10.6. The van der Waals surface area contributed by atoms with Crippen LogP contribution >= 0.6 is 0 Å². The molecule has 0 N–H and O–H groups in total. The molecular weight excluding hydrogens is 394 g/mol. The van der Waals surface area contributed by atoms with Crippen LogP contribution in [0.2, 0.25) is 0 Å². The van der Waals surface area contributed by atoms with E-state index >= 15 is 0 Å². The van der Waals surface area contributed by atoms with Crippen molar-refractivity contribution in [3.05, 3.63) is 65.9 Å². The van der Waals surface area contributed by atoms with Gasteiger partial charge in [-0.15, -0.1) is 0 Å². The topological polar surface area (TPSA) is 90.0 Å². The van der Waals surface area contributed by atoms with Gasteiger partial charge < -0.3 is 9.47 Å². The molecule has 0 atom stereocenters. The summed E-state index contributed by atoms with van der Waals surface area (Å²) in [6, 6.07) is 12.6. The molecule has 8 heteroatoms. The van der Waals surface area contributed by atoms with E-state index in [9.17, 15) is 18.0 Å². The van der Waals surface area contributed by atoms with Crippen LogP contribution in [0.3, 0.4) is 0 Å². The predicted octanol–water partition coefficient (Wildman–Crippen LogP) is 3.57. The van der Waals surface area contributed by atoms with Crippen LogP contribution in [-0.4, -0.2) is 31.2 Å². The van der Waals surface area contributed by atoms with Crippen LogP contribution in [0, 0.1) is 0 Å². The Labute approximate surface area is 169 Å². The number of carbonyl (C=O) groups excluding carboxylic acids is 2. The molecule has 0 aromatic heterocycles. The van der Waals surface area contributed by atoms with Gasteiger partial charge in [0.2, 0.25) is 0 Å². The van der Waals surface area contributed by atoms with Gasteiger partial charge in [-0.25, -0.2) is 13.2 Å². The second-order valence-electron chi connectivity index (χ2n) is 6.44.